The number of fused-ring (bicyclic) bond motifs is 1. The average molecular weight is 550 g/mol. The van der Waals surface area contributed by atoms with E-state index in [2.05, 4.69) is 4.98 Å². The fourth-order valence-corrected chi connectivity index (χ4v) is 7.39. The van der Waals surface area contributed by atoms with Crippen molar-refractivity contribution >= 4 is 39.0 Å². The Bertz CT molecular complexity index is 1600. The molecule has 8 heteroatoms. The highest BCUT2D eigenvalue weighted by Gasteiger charge is 2.39. The molecule has 2 atom stereocenters. The first-order valence-electron chi connectivity index (χ1n) is 12.5. The minimum Gasteiger partial charge on any atom is -0.337 e. The zero-order chi connectivity index (χ0) is 27.0. The Kier molecular flexibility index (Phi) is 7.16. The van der Waals surface area contributed by atoms with Gasteiger partial charge in [-0.1, -0.05) is 48.0 Å². The van der Waals surface area contributed by atoms with Gasteiger partial charge in [0.1, 0.15) is 5.82 Å². The molecule has 0 aliphatic carbocycles. The van der Waals surface area contributed by atoms with E-state index >= 15 is 0 Å². The van der Waals surface area contributed by atoms with Crippen molar-refractivity contribution in [2.45, 2.75) is 44.7 Å². The Morgan fingerprint density at radius 1 is 1.16 bits per heavy atom. The molecular formula is C30H29ClFN3O2S. The van der Waals surface area contributed by atoms with Crippen molar-refractivity contribution in [2.24, 2.45) is 5.92 Å². The lowest BCUT2D eigenvalue weighted by molar-refractivity contribution is 0.368. The fourth-order valence-electron chi connectivity index (χ4n) is 5.23. The maximum absolute atomic E-state index is 14.5. The monoisotopic (exact) mass is 549 g/mol. The summed E-state index contributed by atoms with van der Waals surface area (Å²) in [6, 6.07) is 17.1. The van der Waals surface area contributed by atoms with E-state index in [0.29, 0.717) is 28.4 Å². The van der Waals surface area contributed by atoms with Crippen molar-refractivity contribution in [3.63, 3.8) is 0 Å². The lowest BCUT2D eigenvalue weighted by atomic mass is 9.87. The third kappa shape index (κ3) is 5.00. The third-order valence-electron chi connectivity index (χ3n) is 7.17. The third-order valence-corrected chi connectivity index (χ3v) is 9.38. The average Bonchev–Trinajstić information content (AvgIpc) is 3.37. The van der Waals surface area contributed by atoms with Gasteiger partial charge in [0, 0.05) is 36.5 Å². The van der Waals surface area contributed by atoms with Crippen molar-refractivity contribution in [2.75, 3.05) is 4.31 Å². The summed E-state index contributed by atoms with van der Waals surface area (Å²) >= 11 is 6.29. The van der Waals surface area contributed by atoms with Gasteiger partial charge in [0.2, 0.25) is 0 Å². The van der Waals surface area contributed by atoms with Crippen LogP contribution in [0.1, 0.15) is 36.1 Å². The highest BCUT2D eigenvalue weighted by atomic mass is 35.5. The van der Waals surface area contributed by atoms with Gasteiger partial charge < -0.3 is 4.57 Å². The Balaban J connectivity index is 1.62. The zero-order valence-electron chi connectivity index (χ0n) is 21.5. The summed E-state index contributed by atoms with van der Waals surface area (Å²) in [6.45, 7) is 6.29. The molecule has 0 radical (unpaired) electrons. The molecule has 196 valence electrons. The molecule has 0 saturated carbocycles. The van der Waals surface area contributed by atoms with E-state index in [1.165, 1.54) is 6.07 Å². The maximum Gasteiger partial charge on any atom is 0.264 e. The van der Waals surface area contributed by atoms with Gasteiger partial charge in [-0.15, -0.1) is 0 Å². The number of rotatable bonds is 6. The number of sulfonamides is 1. The van der Waals surface area contributed by atoms with Crippen molar-refractivity contribution in [1.29, 1.82) is 0 Å². The molecule has 1 aromatic heterocycles. The standard InChI is InChI=1S/C30H29ClFN3O2S/c1-20-6-4-7-26(14-20)38(36,37)35-22(3)25(18-34-13-12-33-19-34)17-24-11-10-23(16-29(24)35)15-21(2)30-27(31)8-5-9-28(30)32/h4-16,19,22,25H,17-18H2,1-3H3/b21-15+/t22-,25+/m1/s1. The number of benzene rings is 3. The molecule has 38 heavy (non-hydrogen) atoms. The number of halogens is 2. The zero-order valence-corrected chi connectivity index (χ0v) is 23.0. The van der Waals surface area contributed by atoms with Crippen LogP contribution >= 0.6 is 11.6 Å². The van der Waals surface area contributed by atoms with Crippen LogP contribution in [0, 0.1) is 18.7 Å². The highest BCUT2D eigenvalue weighted by Crippen LogP contribution is 2.40. The lowest BCUT2D eigenvalue weighted by Gasteiger charge is -2.41. The van der Waals surface area contributed by atoms with Gasteiger partial charge in [-0.25, -0.2) is 17.8 Å². The lowest BCUT2D eigenvalue weighted by Crippen LogP contribution is -2.48. The van der Waals surface area contributed by atoms with Gasteiger partial charge in [0.15, 0.2) is 0 Å². The first kappa shape index (κ1) is 26.2. The molecule has 3 aromatic carbocycles. The van der Waals surface area contributed by atoms with Crippen molar-refractivity contribution in [3.8, 4) is 0 Å². The molecule has 1 aliphatic rings. The second kappa shape index (κ2) is 10.4. The van der Waals surface area contributed by atoms with Crippen LogP contribution in [-0.4, -0.2) is 24.0 Å². The number of anilines is 1. The molecule has 0 unspecified atom stereocenters. The number of allylic oxidation sites excluding steroid dienone is 1. The number of imidazole rings is 1. The SMILES string of the molecule is C/C(=C\c1ccc2c(c1)N(S(=O)(=O)c1cccc(C)c1)[C@H](C)[C@H](Cn1ccnc1)C2)c1c(F)cccc1Cl. The van der Waals surface area contributed by atoms with Gasteiger partial charge in [-0.3, -0.25) is 4.31 Å². The van der Waals surface area contributed by atoms with Gasteiger partial charge >= 0.3 is 0 Å². The molecule has 5 rings (SSSR count). The minimum absolute atomic E-state index is 0.0385. The second-order valence-electron chi connectivity index (χ2n) is 9.89. The molecule has 1 aliphatic heterocycles. The van der Waals surface area contributed by atoms with Crippen LogP contribution in [0.2, 0.25) is 5.02 Å². The molecule has 0 N–H and O–H groups in total. The van der Waals surface area contributed by atoms with Gasteiger partial charge in [0.05, 0.1) is 21.9 Å². The van der Waals surface area contributed by atoms with Crippen LogP contribution in [0.5, 0.6) is 0 Å². The molecule has 0 saturated heterocycles. The van der Waals surface area contributed by atoms with Gasteiger partial charge in [-0.2, -0.15) is 0 Å². The number of aromatic nitrogens is 2. The molecule has 0 fully saturated rings. The predicted octanol–water partition coefficient (Wildman–Crippen LogP) is 7.00. The Labute approximate surface area is 228 Å². The van der Waals surface area contributed by atoms with E-state index in [9.17, 15) is 12.8 Å². The highest BCUT2D eigenvalue weighted by molar-refractivity contribution is 7.92. The minimum atomic E-state index is -3.86. The normalized spacial score (nSPS) is 17.9. The Morgan fingerprint density at radius 2 is 1.95 bits per heavy atom. The van der Waals surface area contributed by atoms with Crippen molar-refractivity contribution < 1.29 is 12.8 Å². The van der Waals surface area contributed by atoms with E-state index in [4.69, 9.17) is 11.6 Å². The van der Waals surface area contributed by atoms with Crippen LogP contribution < -0.4 is 4.31 Å². The van der Waals surface area contributed by atoms with E-state index in [-0.39, 0.29) is 16.9 Å². The van der Waals surface area contributed by atoms with Crippen LogP contribution in [-0.2, 0) is 23.0 Å². The number of nitrogens with zero attached hydrogens (tertiary/aromatic N) is 3. The number of hydrogen-bond donors (Lipinski definition) is 0. The van der Waals surface area contributed by atoms with Crippen molar-refractivity contribution in [1.82, 2.24) is 9.55 Å². The number of aryl methyl sites for hydroxylation is 1. The predicted molar refractivity (Wildman–Crippen MR) is 151 cm³/mol. The fraction of sp³-hybridized carbons (Fsp3) is 0.233. The molecule has 0 spiro atoms. The topological polar surface area (TPSA) is 55.2 Å². The van der Waals surface area contributed by atoms with Crippen LogP contribution in [0.3, 0.4) is 0 Å². The first-order valence-corrected chi connectivity index (χ1v) is 14.3. The smallest absolute Gasteiger partial charge is 0.264 e. The molecule has 0 bridgehead atoms. The Hall–Kier alpha value is -3.42. The van der Waals surface area contributed by atoms with Crippen molar-refractivity contribution in [3.05, 3.63) is 112 Å². The summed E-state index contributed by atoms with van der Waals surface area (Å²) in [5.74, 6) is -0.361. The summed E-state index contributed by atoms with van der Waals surface area (Å²) in [5.41, 5.74) is 4.23. The Morgan fingerprint density at radius 3 is 2.66 bits per heavy atom. The van der Waals surface area contributed by atoms with Crippen LogP contribution in [0.15, 0.2) is 84.3 Å². The van der Waals surface area contributed by atoms with E-state index in [0.717, 1.165) is 23.1 Å². The van der Waals surface area contributed by atoms with Crippen LogP contribution in [0.4, 0.5) is 10.1 Å². The maximum atomic E-state index is 14.5. The quantitative estimate of drug-likeness (QED) is 0.243. The van der Waals surface area contributed by atoms with Crippen LogP contribution in [0.25, 0.3) is 11.6 Å². The van der Waals surface area contributed by atoms with E-state index in [1.807, 2.05) is 55.0 Å². The van der Waals surface area contributed by atoms with Gasteiger partial charge in [0.25, 0.3) is 10.0 Å². The molecule has 4 aromatic rings. The summed E-state index contributed by atoms with van der Waals surface area (Å²) in [6.07, 6.45) is 7.94. The summed E-state index contributed by atoms with van der Waals surface area (Å²) in [5, 5.41) is 0.330. The molecule has 5 nitrogen and oxygen atoms in total. The molecular weight excluding hydrogens is 521 g/mol. The summed E-state index contributed by atoms with van der Waals surface area (Å²) < 4.78 is 46.4. The molecule has 0 amide bonds. The first-order chi connectivity index (χ1) is 18.1. The molecule has 2 heterocycles. The second-order valence-corrected chi connectivity index (χ2v) is 12.1. The largest absolute Gasteiger partial charge is 0.337 e. The van der Waals surface area contributed by atoms with E-state index < -0.39 is 15.8 Å². The summed E-state index contributed by atoms with van der Waals surface area (Å²) in [4.78, 5) is 4.41. The number of hydrogen-bond acceptors (Lipinski definition) is 3. The van der Waals surface area contributed by atoms with Gasteiger partial charge in [-0.05, 0) is 79.8 Å². The summed E-state index contributed by atoms with van der Waals surface area (Å²) in [7, 11) is -3.86. The van der Waals surface area contributed by atoms with E-state index in [1.54, 1.807) is 54.1 Å².